The molecular formula is C13H11BrCl2N2O. The number of nitrogens with zero attached hydrogens (tertiary/aromatic N) is 2. The highest BCUT2D eigenvalue weighted by molar-refractivity contribution is 9.10. The summed E-state index contributed by atoms with van der Waals surface area (Å²) in [5.41, 5.74) is 2.07. The van der Waals surface area contributed by atoms with Crippen molar-refractivity contribution < 1.29 is 4.79 Å². The van der Waals surface area contributed by atoms with Gasteiger partial charge in [0, 0.05) is 34.1 Å². The standard InChI is InChI=1S/C13H11BrCl2N2O/c1-7-11(13(16)18(2)17-7)6-12(19)8-3-9(14)5-10(15)4-8/h3-5H,6H2,1-2H3. The maximum atomic E-state index is 12.3. The van der Waals surface area contributed by atoms with Gasteiger partial charge >= 0.3 is 0 Å². The number of aryl methyl sites for hydroxylation is 2. The molecule has 1 heterocycles. The van der Waals surface area contributed by atoms with Crippen LogP contribution in [0, 0.1) is 6.92 Å². The fourth-order valence-electron chi connectivity index (χ4n) is 1.85. The summed E-state index contributed by atoms with van der Waals surface area (Å²) in [6.45, 7) is 1.84. The van der Waals surface area contributed by atoms with Crippen LogP contribution in [-0.4, -0.2) is 15.6 Å². The molecule has 0 N–H and O–H groups in total. The Kier molecular flexibility index (Phi) is 4.33. The molecule has 2 aromatic rings. The second kappa shape index (κ2) is 5.65. The van der Waals surface area contributed by atoms with E-state index in [9.17, 15) is 4.79 Å². The van der Waals surface area contributed by atoms with Crippen molar-refractivity contribution >= 4 is 44.9 Å². The molecule has 1 aromatic carbocycles. The van der Waals surface area contributed by atoms with Crippen LogP contribution in [0.25, 0.3) is 0 Å². The number of aromatic nitrogens is 2. The van der Waals surface area contributed by atoms with Crippen molar-refractivity contribution in [3.05, 3.63) is 49.7 Å². The first-order chi connectivity index (χ1) is 8.88. The smallest absolute Gasteiger partial charge is 0.167 e. The van der Waals surface area contributed by atoms with Crippen LogP contribution in [0.2, 0.25) is 10.2 Å². The molecule has 3 nitrogen and oxygen atoms in total. The van der Waals surface area contributed by atoms with Gasteiger partial charge in [-0.05, 0) is 25.1 Å². The Morgan fingerprint density at radius 2 is 2.05 bits per heavy atom. The lowest BCUT2D eigenvalue weighted by molar-refractivity contribution is 0.0992. The number of ketones is 1. The topological polar surface area (TPSA) is 34.9 Å². The van der Waals surface area contributed by atoms with Gasteiger partial charge in [-0.3, -0.25) is 9.48 Å². The molecule has 0 bridgehead atoms. The Bertz CT molecular complexity index is 632. The van der Waals surface area contributed by atoms with E-state index >= 15 is 0 Å². The van der Waals surface area contributed by atoms with E-state index in [1.807, 2.05) is 6.92 Å². The van der Waals surface area contributed by atoms with Gasteiger partial charge in [0.2, 0.25) is 0 Å². The molecule has 0 saturated heterocycles. The number of benzene rings is 1. The maximum Gasteiger partial charge on any atom is 0.167 e. The number of halogens is 3. The highest BCUT2D eigenvalue weighted by atomic mass is 79.9. The lowest BCUT2D eigenvalue weighted by Crippen LogP contribution is -2.04. The van der Waals surface area contributed by atoms with Crippen molar-refractivity contribution in [1.82, 2.24) is 9.78 Å². The summed E-state index contributed by atoms with van der Waals surface area (Å²) >= 11 is 15.4. The summed E-state index contributed by atoms with van der Waals surface area (Å²) in [6.07, 6.45) is 0.214. The van der Waals surface area contributed by atoms with Crippen LogP contribution >= 0.6 is 39.1 Å². The van der Waals surface area contributed by atoms with Gasteiger partial charge < -0.3 is 0 Å². The lowest BCUT2D eigenvalue weighted by Gasteiger charge is -2.03. The first-order valence-electron chi connectivity index (χ1n) is 5.55. The molecule has 0 spiro atoms. The summed E-state index contributed by atoms with van der Waals surface area (Å²) in [6, 6.07) is 5.13. The fourth-order valence-corrected chi connectivity index (χ4v) is 2.95. The molecular weight excluding hydrogens is 351 g/mol. The number of hydrogen-bond acceptors (Lipinski definition) is 2. The predicted molar refractivity (Wildman–Crippen MR) is 80.1 cm³/mol. The molecule has 1 aromatic heterocycles. The van der Waals surface area contributed by atoms with Crippen molar-refractivity contribution in [2.24, 2.45) is 7.05 Å². The maximum absolute atomic E-state index is 12.3. The van der Waals surface area contributed by atoms with Gasteiger partial charge in [0.05, 0.1) is 5.69 Å². The first kappa shape index (κ1) is 14.6. The van der Waals surface area contributed by atoms with Gasteiger partial charge in [-0.2, -0.15) is 5.10 Å². The van der Waals surface area contributed by atoms with Crippen molar-refractivity contribution in [3.63, 3.8) is 0 Å². The van der Waals surface area contributed by atoms with Gasteiger partial charge in [0.1, 0.15) is 5.15 Å². The van der Waals surface area contributed by atoms with E-state index in [2.05, 4.69) is 21.0 Å². The minimum atomic E-state index is -0.0406. The van der Waals surface area contributed by atoms with Crippen LogP contribution in [0.3, 0.4) is 0 Å². The molecule has 0 fully saturated rings. The molecule has 19 heavy (non-hydrogen) atoms. The van der Waals surface area contributed by atoms with E-state index in [-0.39, 0.29) is 12.2 Å². The zero-order chi connectivity index (χ0) is 14.2. The van der Waals surface area contributed by atoms with Crippen molar-refractivity contribution in [2.45, 2.75) is 13.3 Å². The van der Waals surface area contributed by atoms with Crippen molar-refractivity contribution in [2.75, 3.05) is 0 Å². The molecule has 6 heteroatoms. The van der Waals surface area contributed by atoms with Gasteiger partial charge in [-0.1, -0.05) is 39.1 Å². The zero-order valence-corrected chi connectivity index (χ0v) is 13.5. The molecule has 0 aliphatic carbocycles. The largest absolute Gasteiger partial charge is 0.294 e. The van der Waals surface area contributed by atoms with Crippen LogP contribution in [0.1, 0.15) is 21.6 Å². The summed E-state index contributed by atoms with van der Waals surface area (Å²) in [5, 5.41) is 5.20. The predicted octanol–water partition coefficient (Wildman–Crippen LogP) is 4.22. The highest BCUT2D eigenvalue weighted by Gasteiger charge is 2.16. The highest BCUT2D eigenvalue weighted by Crippen LogP contribution is 2.24. The monoisotopic (exact) mass is 360 g/mol. The number of carbonyl (C=O) groups excluding carboxylic acids is 1. The van der Waals surface area contributed by atoms with Crippen LogP contribution in [0.15, 0.2) is 22.7 Å². The molecule has 0 unspecified atom stereocenters. The molecule has 0 saturated carbocycles. The Labute approximate surface area is 129 Å². The van der Waals surface area contributed by atoms with E-state index in [0.29, 0.717) is 15.7 Å². The average molecular weight is 362 g/mol. The molecule has 0 amide bonds. The van der Waals surface area contributed by atoms with E-state index in [1.54, 1.807) is 29.9 Å². The molecule has 0 aliphatic rings. The Hall–Kier alpha value is -0.840. The zero-order valence-electron chi connectivity index (χ0n) is 10.4. The normalized spacial score (nSPS) is 10.8. The van der Waals surface area contributed by atoms with Gasteiger partial charge in [-0.15, -0.1) is 0 Å². The Morgan fingerprint density at radius 3 is 2.58 bits per heavy atom. The lowest BCUT2D eigenvalue weighted by atomic mass is 10.0. The Balaban J connectivity index is 2.30. The van der Waals surface area contributed by atoms with E-state index in [1.165, 1.54) is 0 Å². The second-order valence-corrected chi connectivity index (χ2v) is 5.95. The average Bonchev–Trinajstić information content (AvgIpc) is 2.54. The number of carbonyl (C=O) groups is 1. The Morgan fingerprint density at radius 1 is 1.37 bits per heavy atom. The van der Waals surface area contributed by atoms with Gasteiger partial charge in [0.15, 0.2) is 5.78 Å². The quantitative estimate of drug-likeness (QED) is 0.767. The van der Waals surface area contributed by atoms with E-state index in [0.717, 1.165) is 15.7 Å². The number of Topliss-reactive ketones (excluding diaryl/α,β-unsaturated/α-hetero) is 1. The van der Waals surface area contributed by atoms with Crippen LogP contribution < -0.4 is 0 Å². The summed E-state index contributed by atoms with van der Waals surface area (Å²) in [5.74, 6) is -0.0406. The third-order valence-corrected chi connectivity index (χ3v) is 3.94. The molecule has 100 valence electrons. The van der Waals surface area contributed by atoms with Crippen LogP contribution in [0.4, 0.5) is 0 Å². The van der Waals surface area contributed by atoms with E-state index in [4.69, 9.17) is 23.2 Å². The minimum Gasteiger partial charge on any atom is -0.294 e. The third kappa shape index (κ3) is 3.19. The van der Waals surface area contributed by atoms with Crippen molar-refractivity contribution in [3.8, 4) is 0 Å². The van der Waals surface area contributed by atoms with Crippen LogP contribution in [0.5, 0.6) is 0 Å². The van der Waals surface area contributed by atoms with Gasteiger partial charge in [0.25, 0.3) is 0 Å². The summed E-state index contributed by atoms with van der Waals surface area (Å²) in [7, 11) is 1.75. The molecule has 0 atom stereocenters. The van der Waals surface area contributed by atoms with Crippen LogP contribution in [-0.2, 0) is 13.5 Å². The second-order valence-electron chi connectivity index (χ2n) is 4.24. The summed E-state index contributed by atoms with van der Waals surface area (Å²) in [4.78, 5) is 12.3. The molecule has 2 rings (SSSR count). The summed E-state index contributed by atoms with van der Waals surface area (Å²) < 4.78 is 2.34. The number of hydrogen-bond donors (Lipinski definition) is 0. The first-order valence-corrected chi connectivity index (χ1v) is 7.10. The molecule has 0 radical (unpaired) electrons. The number of rotatable bonds is 3. The third-order valence-electron chi connectivity index (χ3n) is 2.79. The molecule has 0 aliphatic heterocycles. The van der Waals surface area contributed by atoms with Crippen molar-refractivity contribution in [1.29, 1.82) is 0 Å². The van der Waals surface area contributed by atoms with E-state index < -0.39 is 0 Å². The fraction of sp³-hybridized carbons (Fsp3) is 0.231. The minimum absolute atomic E-state index is 0.0406. The SMILES string of the molecule is Cc1nn(C)c(Cl)c1CC(=O)c1cc(Cl)cc(Br)c1. The van der Waals surface area contributed by atoms with Gasteiger partial charge in [-0.25, -0.2) is 0 Å².